The lowest BCUT2D eigenvalue weighted by Crippen LogP contribution is -2.46. The second-order valence-electron chi connectivity index (χ2n) is 9.24. The van der Waals surface area contributed by atoms with E-state index in [4.69, 9.17) is 24.4 Å². The number of rotatable bonds is 3. The second kappa shape index (κ2) is 8.52. The van der Waals surface area contributed by atoms with Gasteiger partial charge in [-0.3, -0.25) is 0 Å². The number of pyridine rings is 1. The van der Waals surface area contributed by atoms with E-state index in [-0.39, 0.29) is 12.1 Å². The van der Waals surface area contributed by atoms with Crippen molar-refractivity contribution < 1.29 is 9.47 Å². The van der Waals surface area contributed by atoms with Crippen molar-refractivity contribution in [2.45, 2.75) is 39.0 Å². The van der Waals surface area contributed by atoms with Crippen molar-refractivity contribution in [1.82, 2.24) is 20.3 Å². The van der Waals surface area contributed by atoms with Crippen molar-refractivity contribution in [1.29, 1.82) is 0 Å². The minimum absolute atomic E-state index is 0.221. The van der Waals surface area contributed by atoms with Crippen molar-refractivity contribution >= 4 is 22.8 Å². The molecule has 6 rings (SSSR count). The van der Waals surface area contributed by atoms with Crippen molar-refractivity contribution in [3.63, 3.8) is 0 Å². The number of morpholine rings is 2. The Morgan fingerprint density at radius 2 is 1.61 bits per heavy atom. The van der Waals surface area contributed by atoms with E-state index in [1.807, 2.05) is 0 Å². The lowest BCUT2D eigenvalue weighted by Gasteiger charge is -2.37. The number of aromatic nitrogens is 3. The summed E-state index contributed by atoms with van der Waals surface area (Å²) in [5.74, 6) is 1.68. The maximum absolute atomic E-state index is 5.69. The number of nitrogens with zero attached hydrogens (tertiary/aromatic N) is 5. The van der Waals surface area contributed by atoms with Crippen LogP contribution in [0.2, 0.25) is 0 Å². The Bertz CT molecular complexity index is 1190. The first-order valence-electron chi connectivity index (χ1n) is 11.9. The minimum Gasteiger partial charge on any atom is -0.377 e. The maximum atomic E-state index is 5.69. The van der Waals surface area contributed by atoms with Gasteiger partial charge < -0.3 is 24.6 Å². The average Bonchev–Trinajstić information content (AvgIpc) is 3.32. The van der Waals surface area contributed by atoms with Gasteiger partial charge in [-0.1, -0.05) is 12.1 Å². The van der Waals surface area contributed by atoms with E-state index in [9.17, 15) is 0 Å². The van der Waals surface area contributed by atoms with E-state index in [1.54, 1.807) is 0 Å². The average molecular weight is 447 g/mol. The molecule has 2 atom stereocenters. The van der Waals surface area contributed by atoms with Crippen LogP contribution in [0.25, 0.3) is 22.3 Å². The second-order valence-corrected chi connectivity index (χ2v) is 9.24. The molecule has 3 aromatic rings. The first kappa shape index (κ1) is 20.8. The first-order chi connectivity index (χ1) is 16.2. The van der Waals surface area contributed by atoms with Crippen molar-refractivity contribution in [3.05, 3.63) is 41.5 Å². The normalized spacial score (nSPS) is 23.2. The number of anilines is 2. The molecule has 1 aromatic carbocycles. The van der Waals surface area contributed by atoms with Crippen LogP contribution in [0.1, 0.15) is 25.0 Å². The van der Waals surface area contributed by atoms with E-state index in [1.165, 1.54) is 11.1 Å². The summed E-state index contributed by atoms with van der Waals surface area (Å²) in [6.07, 6.45) is 0. The zero-order valence-corrected chi connectivity index (χ0v) is 19.3. The van der Waals surface area contributed by atoms with Crippen LogP contribution in [0.3, 0.4) is 0 Å². The monoisotopic (exact) mass is 446 g/mol. The highest BCUT2D eigenvalue weighted by Crippen LogP contribution is 2.32. The molecule has 8 heteroatoms. The topological polar surface area (TPSA) is 75.6 Å². The summed E-state index contributed by atoms with van der Waals surface area (Å²) in [7, 11) is 0. The van der Waals surface area contributed by atoms with Gasteiger partial charge in [0.25, 0.3) is 0 Å². The van der Waals surface area contributed by atoms with Crippen LogP contribution < -0.4 is 15.1 Å². The third kappa shape index (κ3) is 3.82. The van der Waals surface area contributed by atoms with Gasteiger partial charge in [-0.2, -0.15) is 9.97 Å². The Labute approximate surface area is 193 Å². The van der Waals surface area contributed by atoms with Crippen molar-refractivity contribution in [2.75, 3.05) is 49.3 Å². The lowest BCUT2D eigenvalue weighted by molar-refractivity contribution is 0.0973. The van der Waals surface area contributed by atoms with Crippen LogP contribution in [0.5, 0.6) is 0 Å². The van der Waals surface area contributed by atoms with Gasteiger partial charge in [0.15, 0.2) is 5.65 Å². The lowest BCUT2D eigenvalue weighted by atomic mass is 10.0. The largest absolute Gasteiger partial charge is 0.377 e. The molecule has 0 amide bonds. The van der Waals surface area contributed by atoms with Crippen LogP contribution in [-0.2, 0) is 22.6 Å². The Kier molecular flexibility index (Phi) is 5.36. The zero-order valence-electron chi connectivity index (χ0n) is 19.3. The van der Waals surface area contributed by atoms with Crippen molar-refractivity contribution in [3.8, 4) is 11.3 Å². The molecule has 2 fully saturated rings. The SMILES string of the molecule is C[C@H]1COCCN1c1nc(N2CCOC[C@@H]2C)c2ccc(-c3ccc4c(c3)CNC4)nc2n1. The predicted octanol–water partition coefficient (Wildman–Crippen LogP) is 2.75. The highest BCUT2D eigenvalue weighted by Gasteiger charge is 2.27. The maximum Gasteiger partial charge on any atom is 0.229 e. The number of benzene rings is 1. The van der Waals surface area contributed by atoms with E-state index < -0.39 is 0 Å². The summed E-state index contributed by atoms with van der Waals surface area (Å²) in [4.78, 5) is 19.7. The third-order valence-electron chi connectivity index (χ3n) is 6.92. The van der Waals surface area contributed by atoms with Gasteiger partial charge in [-0.05, 0) is 43.2 Å². The zero-order chi connectivity index (χ0) is 22.4. The van der Waals surface area contributed by atoms with E-state index in [0.29, 0.717) is 26.4 Å². The Balaban J connectivity index is 1.48. The summed E-state index contributed by atoms with van der Waals surface area (Å²) < 4.78 is 11.3. The molecule has 172 valence electrons. The molecule has 0 aliphatic carbocycles. The number of ether oxygens (including phenoxy) is 2. The number of hydrogen-bond donors (Lipinski definition) is 1. The molecule has 1 N–H and O–H groups in total. The fourth-order valence-corrected chi connectivity index (χ4v) is 5.01. The first-order valence-corrected chi connectivity index (χ1v) is 11.9. The van der Waals surface area contributed by atoms with Crippen LogP contribution in [-0.4, -0.2) is 66.6 Å². The quantitative estimate of drug-likeness (QED) is 0.658. The fraction of sp³-hybridized carbons (Fsp3) is 0.480. The number of fused-ring (bicyclic) bond motifs is 2. The standard InChI is InChI=1S/C25H30N6O2/c1-16-14-32-9-7-30(16)24-21-5-6-22(18-3-4-19-12-26-13-20(19)11-18)27-23(21)28-25(29-24)31-8-10-33-15-17(31)2/h3-6,11,16-17,26H,7-10,12-15H2,1-2H3/t16-,17-/m0/s1. The molecular formula is C25H30N6O2. The minimum atomic E-state index is 0.221. The van der Waals surface area contributed by atoms with Crippen LogP contribution in [0.15, 0.2) is 30.3 Å². The molecule has 33 heavy (non-hydrogen) atoms. The van der Waals surface area contributed by atoms with E-state index >= 15 is 0 Å². The Hall–Kier alpha value is -2.81. The molecule has 0 spiro atoms. The number of nitrogens with one attached hydrogen (secondary N) is 1. The molecule has 3 aliphatic rings. The predicted molar refractivity (Wildman–Crippen MR) is 129 cm³/mol. The summed E-state index contributed by atoms with van der Waals surface area (Å²) in [5.41, 5.74) is 5.53. The van der Waals surface area contributed by atoms with Gasteiger partial charge in [0, 0.05) is 31.7 Å². The molecule has 2 aromatic heterocycles. The smallest absolute Gasteiger partial charge is 0.229 e. The molecular weight excluding hydrogens is 416 g/mol. The third-order valence-corrected chi connectivity index (χ3v) is 6.92. The molecule has 0 unspecified atom stereocenters. The van der Waals surface area contributed by atoms with Gasteiger partial charge in [-0.25, -0.2) is 4.98 Å². The molecule has 0 radical (unpaired) electrons. The fourth-order valence-electron chi connectivity index (χ4n) is 5.01. The van der Waals surface area contributed by atoms with E-state index in [2.05, 4.69) is 59.3 Å². The Morgan fingerprint density at radius 1 is 0.848 bits per heavy atom. The Morgan fingerprint density at radius 3 is 2.39 bits per heavy atom. The van der Waals surface area contributed by atoms with Crippen LogP contribution in [0, 0.1) is 0 Å². The van der Waals surface area contributed by atoms with Gasteiger partial charge in [0.2, 0.25) is 5.95 Å². The summed E-state index contributed by atoms with van der Waals surface area (Å²) in [6, 6.07) is 11.3. The molecule has 0 saturated carbocycles. The van der Waals surface area contributed by atoms with Gasteiger partial charge in [0.05, 0.1) is 49.6 Å². The van der Waals surface area contributed by atoms with Crippen molar-refractivity contribution in [2.24, 2.45) is 0 Å². The summed E-state index contributed by atoms with van der Waals surface area (Å²) in [5, 5.41) is 4.41. The summed E-state index contributed by atoms with van der Waals surface area (Å²) >= 11 is 0. The summed E-state index contributed by atoms with van der Waals surface area (Å²) in [6.45, 7) is 10.6. The molecule has 8 nitrogen and oxygen atoms in total. The van der Waals surface area contributed by atoms with E-state index in [0.717, 1.165) is 60.2 Å². The molecule has 5 heterocycles. The molecule has 2 saturated heterocycles. The van der Waals surface area contributed by atoms with Gasteiger partial charge >= 0.3 is 0 Å². The highest BCUT2D eigenvalue weighted by atomic mass is 16.5. The van der Waals surface area contributed by atoms with Gasteiger partial charge in [0.1, 0.15) is 5.82 Å². The molecule has 3 aliphatic heterocycles. The highest BCUT2D eigenvalue weighted by molar-refractivity contribution is 5.90. The van der Waals surface area contributed by atoms with Gasteiger partial charge in [-0.15, -0.1) is 0 Å². The van der Waals surface area contributed by atoms with Crippen LogP contribution in [0.4, 0.5) is 11.8 Å². The molecule has 0 bridgehead atoms. The van der Waals surface area contributed by atoms with Crippen LogP contribution >= 0.6 is 0 Å². The number of hydrogen-bond acceptors (Lipinski definition) is 8.